The minimum absolute atomic E-state index is 0.0663. The molecule has 0 saturated carbocycles. The number of phenolic OH excluding ortho intramolecular Hbond substituents is 2. The Morgan fingerprint density at radius 3 is 2.62 bits per heavy atom. The van der Waals surface area contributed by atoms with Crippen molar-refractivity contribution in [3.05, 3.63) is 84.2 Å². The monoisotopic (exact) mass is 387 g/mol. The Kier molecular flexibility index (Phi) is 5.16. The Bertz CT molecular complexity index is 1130. The number of benzene rings is 2. The smallest absolute Gasteiger partial charge is 0.161 e. The lowest BCUT2D eigenvalue weighted by Crippen LogP contribution is -2.14. The highest BCUT2D eigenvalue weighted by molar-refractivity contribution is 5.86. The van der Waals surface area contributed by atoms with Crippen molar-refractivity contribution in [3.8, 4) is 17.2 Å². The lowest BCUT2D eigenvalue weighted by Gasteiger charge is -2.22. The van der Waals surface area contributed by atoms with Gasteiger partial charge < -0.3 is 20.3 Å². The second-order valence-corrected chi connectivity index (χ2v) is 6.53. The molecule has 6 heteroatoms. The van der Waals surface area contributed by atoms with Crippen LogP contribution in [0, 0.1) is 0 Å². The van der Waals surface area contributed by atoms with Crippen LogP contribution >= 0.6 is 0 Å². The van der Waals surface area contributed by atoms with Crippen LogP contribution in [0.1, 0.15) is 24.1 Å². The van der Waals surface area contributed by atoms with Crippen LogP contribution in [-0.4, -0.2) is 26.8 Å². The van der Waals surface area contributed by atoms with Crippen LogP contribution in [0.4, 0.5) is 5.82 Å². The molecule has 0 spiro atoms. The Labute approximate surface area is 168 Å². The summed E-state index contributed by atoms with van der Waals surface area (Å²) in [4.78, 5) is 8.68. The molecule has 0 radical (unpaired) electrons. The molecule has 2 heterocycles. The van der Waals surface area contributed by atoms with Crippen molar-refractivity contribution in [1.82, 2.24) is 9.97 Å². The maximum atomic E-state index is 11.0. The molecule has 0 saturated heterocycles. The summed E-state index contributed by atoms with van der Waals surface area (Å²) in [7, 11) is 0. The van der Waals surface area contributed by atoms with Gasteiger partial charge in [0, 0.05) is 23.3 Å². The van der Waals surface area contributed by atoms with Gasteiger partial charge >= 0.3 is 0 Å². The number of phenols is 2. The van der Waals surface area contributed by atoms with Crippen LogP contribution < -0.4 is 10.1 Å². The van der Waals surface area contributed by atoms with Gasteiger partial charge in [-0.3, -0.25) is 4.98 Å². The Morgan fingerprint density at radius 2 is 1.83 bits per heavy atom. The van der Waals surface area contributed by atoms with Crippen LogP contribution in [0.15, 0.2) is 73.1 Å². The van der Waals surface area contributed by atoms with E-state index in [-0.39, 0.29) is 11.5 Å². The number of fused-ring (bicyclic) bond motifs is 1. The normalized spacial score (nSPS) is 11.9. The van der Waals surface area contributed by atoms with Gasteiger partial charge in [-0.15, -0.1) is 0 Å². The lowest BCUT2D eigenvalue weighted by molar-refractivity contribution is 0.317. The van der Waals surface area contributed by atoms with Crippen molar-refractivity contribution in [3.63, 3.8) is 0 Å². The third kappa shape index (κ3) is 3.78. The van der Waals surface area contributed by atoms with E-state index in [1.165, 1.54) is 0 Å². The van der Waals surface area contributed by atoms with Gasteiger partial charge in [0.05, 0.1) is 12.6 Å². The highest BCUT2D eigenvalue weighted by Crippen LogP contribution is 2.38. The number of aromatic hydroxyl groups is 2. The first kappa shape index (κ1) is 18.6. The van der Waals surface area contributed by atoms with Gasteiger partial charge in [-0.2, -0.15) is 0 Å². The average Bonchev–Trinajstić information content (AvgIpc) is 2.75. The van der Waals surface area contributed by atoms with Crippen LogP contribution in [0.25, 0.3) is 10.9 Å². The number of aromatic nitrogens is 2. The van der Waals surface area contributed by atoms with Crippen molar-refractivity contribution in [1.29, 1.82) is 0 Å². The van der Waals surface area contributed by atoms with Crippen LogP contribution in [0.2, 0.25) is 0 Å². The molecule has 146 valence electrons. The molecule has 0 bridgehead atoms. The minimum atomic E-state index is -0.434. The first-order chi connectivity index (χ1) is 14.2. The van der Waals surface area contributed by atoms with Crippen LogP contribution in [0.5, 0.6) is 17.2 Å². The minimum Gasteiger partial charge on any atom is -0.505 e. The van der Waals surface area contributed by atoms with Gasteiger partial charge in [-0.1, -0.05) is 30.3 Å². The maximum absolute atomic E-state index is 11.0. The maximum Gasteiger partial charge on any atom is 0.161 e. The summed E-state index contributed by atoms with van der Waals surface area (Å²) in [5.41, 5.74) is 1.99. The molecule has 29 heavy (non-hydrogen) atoms. The number of nitrogens with zero attached hydrogens (tertiary/aromatic N) is 2. The topological polar surface area (TPSA) is 87.5 Å². The highest BCUT2D eigenvalue weighted by atomic mass is 16.5. The number of hydrogen-bond donors (Lipinski definition) is 3. The van der Waals surface area contributed by atoms with Crippen molar-refractivity contribution in [2.75, 3.05) is 11.9 Å². The summed E-state index contributed by atoms with van der Waals surface area (Å²) in [6.45, 7) is 2.29. The third-order valence-electron chi connectivity index (χ3n) is 4.66. The fourth-order valence-corrected chi connectivity index (χ4v) is 3.30. The van der Waals surface area contributed by atoms with E-state index in [2.05, 4.69) is 15.3 Å². The number of ether oxygens (including phenoxy) is 1. The van der Waals surface area contributed by atoms with E-state index in [0.29, 0.717) is 29.3 Å². The summed E-state index contributed by atoms with van der Waals surface area (Å²) in [5.74, 6) is 1.21. The second-order valence-electron chi connectivity index (χ2n) is 6.53. The highest BCUT2D eigenvalue weighted by Gasteiger charge is 2.21. The molecule has 0 unspecified atom stereocenters. The number of anilines is 1. The lowest BCUT2D eigenvalue weighted by atomic mass is 9.96. The van der Waals surface area contributed by atoms with E-state index < -0.39 is 6.04 Å². The predicted octanol–water partition coefficient (Wildman–Crippen LogP) is 4.64. The van der Waals surface area contributed by atoms with E-state index in [1.54, 1.807) is 30.6 Å². The third-order valence-corrected chi connectivity index (χ3v) is 4.66. The summed E-state index contributed by atoms with van der Waals surface area (Å²) in [6, 6.07) is 17.8. The van der Waals surface area contributed by atoms with E-state index in [1.807, 2.05) is 49.4 Å². The van der Waals surface area contributed by atoms with Crippen molar-refractivity contribution >= 4 is 16.7 Å². The van der Waals surface area contributed by atoms with Crippen molar-refractivity contribution < 1.29 is 14.9 Å². The average molecular weight is 387 g/mol. The van der Waals surface area contributed by atoms with E-state index in [9.17, 15) is 10.2 Å². The molecule has 0 aliphatic rings. The summed E-state index contributed by atoms with van der Waals surface area (Å²) in [6.07, 6.45) is 3.35. The van der Waals surface area contributed by atoms with Crippen molar-refractivity contribution in [2.45, 2.75) is 13.0 Å². The molecule has 2 aromatic heterocycles. The number of rotatable bonds is 6. The summed E-state index contributed by atoms with van der Waals surface area (Å²) in [5, 5.41) is 25.3. The van der Waals surface area contributed by atoms with Crippen LogP contribution in [-0.2, 0) is 0 Å². The van der Waals surface area contributed by atoms with E-state index in [0.717, 1.165) is 10.9 Å². The SMILES string of the molecule is CCOc1cc([C@H](Nc2ccccn2)c2ccc3cccnc3c2O)ccc1O. The quantitative estimate of drug-likeness (QED) is 0.447. The second kappa shape index (κ2) is 8.06. The fraction of sp³-hybridized carbons (Fsp3) is 0.130. The standard InChI is InChI=1S/C23H21N3O3/c1-2-29-19-14-16(9-11-18(19)27)21(26-20-7-3-4-12-24-20)17-10-8-15-6-5-13-25-22(15)23(17)28/h3-14,21,27-28H,2H2,1H3,(H,24,26)/t21-/m0/s1. The molecule has 3 N–H and O–H groups in total. The largest absolute Gasteiger partial charge is 0.505 e. The van der Waals surface area contributed by atoms with Gasteiger partial charge in [0.15, 0.2) is 11.5 Å². The molecule has 6 nitrogen and oxygen atoms in total. The fourth-order valence-electron chi connectivity index (χ4n) is 3.30. The number of hydrogen-bond acceptors (Lipinski definition) is 6. The van der Waals surface area contributed by atoms with Gasteiger partial charge in [-0.25, -0.2) is 4.98 Å². The Hall–Kier alpha value is -3.80. The first-order valence-corrected chi connectivity index (χ1v) is 9.37. The molecular weight excluding hydrogens is 366 g/mol. The molecule has 1 atom stereocenters. The predicted molar refractivity (Wildman–Crippen MR) is 112 cm³/mol. The molecule has 0 aliphatic heterocycles. The molecule has 2 aromatic carbocycles. The van der Waals surface area contributed by atoms with Gasteiger partial charge in [-0.05, 0) is 42.8 Å². The zero-order valence-corrected chi connectivity index (χ0v) is 15.9. The van der Waals surface area contributed by atoms with Crippen molar-refractivity contribution in [2.24, 2.45) is 0 Å². The molecule has 0 fully saturated rings. The molecule has 4 aromatic rings. The van der Waals surface area contributed by atoms with Gasteiger partial charge in [0.2, 0.25) is 0 Å². The molecular formula is C23H21N3O3. The zero-order chi connectivity index (χ0) is 20.2. The molecule has 4 rings (SSSR count). The molecule has 0 aliphatic carbocycles. The van der Waals surface area contributed by atoms with Crippen LogP contribution in [0.3, 0.4) is 0 Å². The Morgan fingerprint density at radius 1 is 0.966 bits per heavy atom. The first-order valence-electron chi connectivity index (χ1n) is 9.37. The van der Waals surface area contributed by atoms with E-state index in [4.69, 9.17) is 4.74 Å². The summed E-state index contributed by atoms with van der Waals surface area (Å²) >= 11 is 0. The zero-order valence-electron chi connectivity index (χ0n) is 15.9. The van der Waals surface area contributed by atoms with Gasteiger partial charge in [0.1, 0.15) is 17.1 Å². The number of pyridine rings is 2. The number of nitrogens with one attached hydrogen (secondary N) is 1. The van der Waals surface area contributed by atoms with Gasteiger partial charge in [0.25, 0.3) is 0 Å². The Balaban J connectivity index is 1.85. The summed E-state index contributed by atoms with van der Waals surface area (Å²) < 4.78 is 5.55. The van der Waals surface area contributed by atoms with E-state index >= 15 is 0 Å². The molecule has 0 amide bonds.